The third kappa shape index (κ3) is 4.66. The molecule has 8 nitrogen and oxygen atoms in total. The predicted molar refractivity (Wildman–Crippen MR) is 132 cm³/mol. The normalized spacial score (nSPS) is 13.4. The van der Waals surface area contributed by atoms with Gasteiger partial charge in [-0.25, -0.2) is 29.8 Å². The summed E-state index contributed by atoms with van der Waals surface area (Å²) >= 11 is 0. The second-order valence-electron chi connectivity index (χ2n) is 8.21. The van der Waals surface area contributed by atoms with Crippen molar-refractivity contribution >= 4 is 30.9 Å². The molecule has 2 N–H and O–H groups in total. The van der Waals surface area contributed by atoms with E-state index in [1.807, 2.05) is 0 Å². The number of rotatable bonds is 8. The molecule has 0 radical (unpaired) electrons. The summed E-state index contributed by atoms with van der Waals surface area (Å²) < 4.78 is 69.4. The first-order chi connectivity index (χ1) is 15.8. The van der Waals surface area contributed by atoms with E-state index >= 15 is 0 Å². The molecule has 3 rings (SSSR count). The van der Waals surface area contributed by atoms with Gasteiger partial charge < -0.3 is 10.3 Å². The van der Waals surface area contributed by atoms with Crippen LogP contribution in [0.1, 0.15) is 5.69 Å². The first kappa shape index (κ1) is 26.0. The van der Waals surface area contributed by atoms with E-state index in [0.717, 1.165) is 8.61 Å². The van der Waals surface area contributed by atoms with E-state index in [-0.39, 0.29) is 22.9 Å². The number of halogens is 1. The van der Waals surface area contributed by atoms with E-state index in [1.165, 1.54) is 46.4 Å². The third-order valence-corrected chi connectivity index (χ3v) is 9.25. The molecule has 2 aromatic carbocycles. The van der Waals surface area contributed by atoms with E-state index in [2.05, 4.69) is 0 Å². The second kappa shape index (κ2) is 9.59. The standard InChI is InChI=1S/C23H29FN4O4S2/c1-16-23(17-7-6-8-19(13-17)33(29,30)26(2)3)21-14-20(34(31,32)27(4)5)9-10-22(21)28(16)15-18(24)11-12-25/h6-11,13-14H,12,15,25H2,1-5H3/b18-11-. The highest BCUT2D eigenvalue weighted by molar-refractivity contribution is 7.89. The molecule has 1 aromatic heterocycles. The Balaban J connectivity index is 2.37. The Bertz CT molecular complexity index is 1470. The summed E-state index contributed by atoms with van der Waals surface area (Å²) in [5.41, 5.74) is 7.93. The lowest BCUT2D eigenvalue weighted by molar-refractivity contribution is 0.520. The molecule has 0 unspecified atom stereocenters. The number of sulfonamides is 2. The quantitative estimate of drug-likeness (QED) is 0.504. The van der Waals surface area contributed by atoms with Crippen LogP contribution in [0.3, 0.4) is 0 Å². The zero-order valence-electron chi connectivity index (χ0n) is 19.8. The van der Waals surface area contributed by atoms with Crippen LogP contribution < -0.4 is 5.73 Å². The maximum absolute atomic E-state index is 14.5. The highest BCUT2D eigenvalue weighted by atomic mass is 32.2. The van der Waals surface area contributed by atoms with Gasteiger partial charge in [0.05, 0.1) is 16.3 Å². The fourth-order valence-corrected chi connectivity index (χ4v) is 5.64. The Kier molecular flexibility index (Phi) is 7.34. The average Bonchev–Trinajstić information content (AvgIpc) is 3.04. The van der Waals surface area contributed by atoms with E-state index in [4.69, 9.17) is 5.73 Å². The van der Waals surface area contributed by atoms with Gasteiger partial charge in [-0.1, -0.05) is 12.1 Å². The number of fused-ring (bicyclic) bond motifs is 1. The molecule has 184 valence electrons. The molecule has 1 heterocycles. The fourth-order valence-electron chi connectivity index (χ4n) is 3.77. The minimum absolute atomic E-state index is 0.0482. The molecule has 0 bridgehead atoms. The fraction of sp³-hybridized carbons (Fsp3) is 0.304. The van der Waals surface area contributed by atoms with Crippen molar-refractivity contribution in [2.45, 2.75) is 23.3 Å². The minimum Gasteiger partial charge on any atom is -0.337 e. The summed E-state index contributed by atoms with van der Waals surface area (Å²) in [4.78, 5) is 0.181. The van der Waals surface area contributed by atoms with Crippen LogP contribution >= 0.6 is 0 Å². The summed E-state index contributed by atoms with van der Waals surface area (Å²) in [5.74, 6) is -0.428. The van der Waals surface area contributed by atoms with Crippen molar-refractivity contribution in [3.63, 3.8) is 0 Å². The lowest BCUT2D eigenvalue weighted by Gasteiger charge is -2.13. The highest BCUT2D eigenvalue weighted by Crippen LogP contribution is 2.37. The lowest BCUT2D eigenvalue weighted by atomic mass is 10.0. The molecule has 0 saturated carbocycles. The van der Waals surface area contributed by atoms with Crippen LogP contribution in [0.2, 0.25) is 0 Å². The van der Waals surface area contributed by atoms with Crippen molar-refractivity contribution in [2.24, 2.45) is 5.73 Å². The molecule has 0 spiro atoms. The Hall–Kier alpha value is -2.57. The maximum atomic E-state index is 14.5. The molecule has 34 heavy (non-hydrogen) atoms. The summed E-state index contributed by atoms with van der Waals surface area (Å²) in [5, 5.41) is 0.570. The van der Waals surface area contributed by atoms with E-state index in [9.17, 15) is 21.2 Å². The largest absolute Gasteiger partial charge is 0.337 e. The Morgan fingerprint density at radius 2 is 1.56 bits per heavy atom. The number of allylic oxidation sites excluding steroid dienone is 1. The van der Waals surface area contributed by atoms with E-state index in [0.29, 0.717) is 27.7 Å². The van der Waals surface area contributed by atoms with Gasteiger partial charge in [0.2, 0.25) is 20.0 Å². The van der Waals surface area contributed by atoms with Crippen molar-refractivity contribution in [3.05, 3.63) is 60.1 Å². The van der Waals surface area contributed by atoms with Crippen molar-refractivity contribution in [1.82, 2.24) is 13.2 Å². The summed E-state index contributed by atoms with van der Waals surface area (Å²) in [6.07, 6.45) is 1.28. The first-order valence-corrected chi connectivity index (χ1v) is 13.3. The smallest absolute Gasteiger partial charge is 0.242 e. The van der Waals surface area contributed by atoms with E-state index in [1.54, 1.807) is 41.8 Å². The van der Waals surface area contributed by atoms with Gasteiger partial charge >= 0.3 is 0 Å². The molecule has 0 aliphatic rings. The molecule has 0 fully saturated rings. The van der Waals surface area contributed by atoms with Crippen LogP contribution in [0.15, 0.2) is 64.2 Å². The van der Waals surface area contributed by atoms with Crippen LogP contribution in [0.4, 0.5) is 4.39 Å². The van der Waals surface area contributed by atoms with Crippen molar-refractivity contribution in [3.8, 4) is 11.1 Å². The van der Waals surface area contributed by atoms with Crippen LogP contribution in [-0.4, -0.2) is 64.7 Å². The van der Waals surface area contributed by atoms with Gasteiger partial charge in [0.25, 0.3) is 0 Å². The van der Waals surface area contributed by atoms with Crippen molar-refractivity contribution < 1.29 is 21.2 Å². The Morgan fingerprint density at radius 3 is 2.12 bits per heavy atom. The molecule has 0 saturated heterocycles. The lowest BCUT2D eigenvalue weighted by Crippen LogP contribution is -2.22. The van der Waals surface area contributed by atoms with Crippen molar-refractivity contribution in [2.75, 3.05) is 34.7 Å². The van der Waals surface area contributed by atoms with E-state index < -0.39 is 25.9 Å². The predicted octanol–water partition coefficient (Wildman–Crippen LogP) is 2.93. The molecule has 0 atom stereocenters. The van der Waals surface area contributed by atoms with Crippen LogP contribution in [-0.2, 0) is 26.6 Å². The zero-order valence-corrected chi connectivity index (χ0v) is 21.4. The molecule has 0 aliphatic carbocycles. The van der Waals surface area contributed by atoms with Gasteiger partial charge in [0, 0.05) is 56.9 Å². The van der Waals surface area contributed by atoms with Gasteiger partial charge in [-0.3, -0.25) is 0 Å². The molecule has 3 aromatic rings. The van der Waals surface area contributed by atoms with Gasteiger partial charge in [0.1, 0.15) is 5.83 Å². The van der Waals surface area contributed by atoms with Gasteiger partial charge in [-0.15, -0.1) is 0 Å². The number of hydrogen-bond donors (Lipinski definition) is 1. The van der Waals surface area contributed by atoms with Gasteiger partial charge in [0.15, 0.2) is 0 Å². The van der Waals surface area contributed by atoms with Gasteiger partial charge in [-0.2, -0.15) is 0 Å². The topological polar surface area (TPSA) is 106 Å². The first-order valence-electron chi connectivity index (χ1n) is 10.4. The number of benzene rings is 2. The number of nitrogens with two attached hydrogens (primary N) is 1. The highest BCUT2D eigenvalue weighted by Gasteiger charge is 2.24. The summed E-state index contributed by atoms with van der Waals surface area (Å²) in [6.45, 7) is 1.75. The Labute approximate surface area is 200 Å². The number of nitrogens with zero attached hydrogens (tertiary/aromatic N) is 3. The second-order valence-corrected chi connectivity index (χ2v) is 12.5. The zero-order chi connectivity index (χ0) is 25.4. The number of hydrogen-bond acceptors (Lipinski definition) is 5. The molecule has 0 aliphatic heterocycles. The molecular weight excluding hydrogens is 479 g/mol. The maximum Gasteiger partial charge on any atom is 0.242 e. The molecule has 0 amide bonds. The average molecular weight is 509 g/mol. The van der Waals surface area contributed by atoms with Crippen molar-refractivity contribution in [1.29, 1.82) is 0 Å². The van der Waals surface area contributed by atoms with Gasteiger partial charge in [-0.05, 0) is 48.9 Å². The van der Waals surface area contributed by atoms with Crippen LogP contribution in [0, 0.1) is 6.92 Å². The third-order valence-electron chi connectivity index (χ3n) is 5.62. The molecule has 11 heteroatoms. The monoisotopic (exact) mass is 508 g/mol. The summed E-state index contributed by atoms with van der Waals surface area (Å²) in [6, 6.07) is 11.1. The van der Waals surface area contributed by atoms with Crippen LogP contribution in [0.5, 0.6) is 0 Å². The molecular formula is C23H29FN4O4S2. The van der Waals surface area contributed by atoms with Crippen LogP contribution in [0.25, 0.3) is 22.0 Å². The number of aromatic nitrogens is 1. The SMILES string of the molecule is Cc1c(-c2cccc(S(=O)(=O)N(C)C)c2)c2cc(S(=O)(=O)N(C)C)ccc2n1C/C(F)=C/CN. The Morgan fingerprint density at radius 1 is 0.971 bits per heavy atom. The summed E-state index contributed by atoms with van der Waals surface area (Å²) in [7, 11) is -1.64. The minimum atomic E-state index is -3.73.